The highest BCUT2D eigenvalue weighted by Gasteiger charge is 2.18. The van der Waals surface area contributed by atoms with Crippen molar-refractivity contribution >= 4 is 23.2 Å². The lowest BCUT2D eigenvalue weighted by Crippen LogP contribution is -2.41. The molecule has 0 aliphatic heterocycles. The van der Waals surface area contributed by atoms with Gasteiger partial charge in [-0.2, -0.15) is 0 Å². The monoisotopic (exact) mass is 255 g/mol. The van der Waals surface area contributed by atoms with Gasteiger partial charge in [-0.25, -0.2) is 4.98 Å². The Bertz CT molecular complexity index is 374. The van der Waals surface area contributed by atoms with Crippen molar-refractivity contribution in [1.82, 2.24) is 14.8 Å². The third kappa shape index (κ3) is 3.52. The Labute approximate surface area is 105 Å². The molecule has 0 aliphatic carbocycles. The van der Waals surface area contributed by atoms with Gasteiger partial charge in [-0.05, 0) is 13.8 Å². The molecule has 6 heteroatoms. The third-order valence-corrected chi connectivity index (χ3v) is 3.07. The van der Waals surface area contributed by atoms with Crippen LogP contribution in [0, 0.1) is 0 Å². The van der Waals surface area contributed by atoms with Gasteiger partial charge in [0, 0.05) is 25.5 Å². The fourth-order valence-electron chi connectivity index (χ4n) is 1.46. The number of carbonyl (C=O) groups is 2. The number of aromatic nitrogens is 1. The standard InChI is InChI=1S/C11H17N3O2S/c1-4-14(5-2)10(15)6-13(3)11(16)9-7-17-8-12-9/h7-8H,4-6H2,1-3H3. The molecule has 5 nitrogen and oxygen atoms in total. The highest BCUT2D eigenvalue weighted by molar-refractivity contribution is 7.07. The first-order chi connectivity index (χ1) is 8.10. The lowest BCUT2D eigenvalue weighted by molar-refractivity contribution is -0.131. The lowest BCUT2D eigenvalue weighted by atomic mass is 10.3. The van der Waals surface area contributed by atoms with E-state index in [0.717, 1.165) is 0 Å². The van der Waals surface area contributed by atoms with Gasteiger partial charge in [0.15, 0.2) is 0 Å². The normalized spacial score (nSPS) is 10.1. The molecule has 17 heavy (non-hydrogen) atoms. The Kier molecular flexibility index (Phi) is 5.09. The van der Waals surface area contributed by atoms with Crippen molar-refractivity contribution in [3.8, 4) is 0 Å². The molecule has 0 spiro atoms. The third-order valence-electron chi connectivity index (χ3n) is 2.49. The highest BCUT2D eigenvalue weighted by atomic mass is 32.1. The van der Waals surface area contributed by atoms with Crippen LogP contribution < -0.4 is 0 Å². The SMILES string of the molecule is CCN(CC)C(=O)CN(C)C(=O)c1cscn1. The summed E-state index contributed by atoms with van der Waals surface area (Å²) in [5.41, 5.74) is 2.00. The number of hydrogen-bond acceptors (Lipinski definition) is 4. The van der Waals surface area contributed by atoms with Crippen LogP contribution in [0.1, 0.15) is 24.3 Å². The van der Waals surface area contributed by atoms with Crippen molar-refractivity contribution in [3.63, 3.8) is 0 Å². The molecular weight excluding hydrogens is 238 g/mol. The van der Waals surface area contributed by atoms with Crippen molar-refractivity contribution in [3.05, 3.63) is 16.6 Å². The minimum Gasteiger partial charge on any atom is -0.342 e. The first-order valence-corrected chi connectivity index (χ1v) is 6.45. The first kappa shape index (κ1) is 13.6. The summed E-state index contributed by atoms with van der Waals surface area (Å²) < 4.78 is 0. The number of likely N-dealkylation sites (N-methyl/N-ethyl adjacent to an activating group) is 2. The maximum absolute atomic E-state index is 11.8. The minimum atomic E-state index is -0.216. The molecule has 1 aromatic rings. The van der Waals surface area contributed by atoms with E-state index in [0.29, 0.717) is 18.8 Å². The van der Waals surface area contributed by atoms with Crippen molar-refractivity contribution in [2.75, 3.05) is 26.7 Å². The van der Waals surface area contributed by atoms with Crippen molar-refractivity contribution in [2.24, 2.45) is 0 Å². The Morgan fingerprint density at radius 2 is 2.00 bits per heavy atom. The second-order valence-electron chi connectivity index (χ2n) is 3.60. The summed E-state index contributed by atoms with van der Waals surface area (Å²) in [5.74, 6) is -0.257. The van der Waals surface area contributed by atoms with E-state index >= 15 is 0 Å². The van der Waals surface area contributed by atoms with Crippen molar-refractivity contribution < 1.29 is 9.59 Å². The van der Waals surface area contributed by atoms with E-state index in [1.807, 2.05) is 13.8 Å². The van der Waals surface area contributed by atoms with Gasteiger partial charge in [0.1, 0.15) is 5.69 Å². The molecule has 2 amide bonds. The van der Waals surface area contributed by atoms with E-state index < -0.39 is 0 Å². The Morgan fingerprint density at radius 1 is 1.35 bits per heavy atom. The van der Waals surface area contributed by atoms with E-state index in [2.05, 4.69) is 4.98 Å². The maximum Gasteiger partial charge on any atom is 0.273 e. The van der Waals surface area contributed by atoms with Crippen LogP contribution in [0.2, 0.25) is 0 Å². The number of nitrogens with zero attached hydrogens (tertiary/aromatic N) is 3. The molecule has 0 aromatic carbocycles. The zero-order valence-corrected chi connectivity index (χ0v) is 11.2. The quantitative estimate of drug-likeness (QED) is 0.791. The van der Waals surface area contributed by atoms with Gasteiger partial charge in [0.25, 0.3) is 5.91 Å². The zero-order chi connectivity index (χ0) is 12.8. The van der Waals surface area contributed by atoms with E-state index in [1.54, 1.807) is 22.8 Å². The molecule has 0 N–H and O–H groups in total. The molecular formula is C11H17N3O2S. The summed E-state index contributed by atoms with van der Waals surface area (Å²) in [4.78, 5) is 30.7. The summed E-state index contributed by atoms with van der Waals surface area (Å²) in [7, 11) is 1.61. The van der Waals surface area contributed by atoms with Crippen LogP contribution >= 0.6 is 11.3 Å². The summed E-state index contributed by atoms with van der Waals surface area (Å²) in [6, 6.07) is 0. The number of hydrogen-bond donors (Lipinski definition) is 0. The molecule has 0 atom stereocenters. The molecule has 1 rings (SSSR count). The van der Waals surface area contributed by atoms with Crippen LogP contribution in [-0.4, -0.2) is 53.3 Å². The second-order valence-corrected chi connectivity index (χ2v) is 4.32. The fraction of sp³-hybridized carbons (Fsp3) is 0.545. The first-order valence-electron chi connectivity index (χ1n) is 5.51. The number of amides is 2. The summed E-state index contributed by atoms with van der Waals surface area (Å²) in [5, 5.41) is 1.68. The average Bonchev–Trinajstić information content (AvgIpc) is 2.83. The molecule has 0 saturated heterocycles. The molecule has 0 fully saturated rings. The summed E-state index contributed by atoms with van der Waals surface area (Å²) >= 11 is 1.37. The van der Waals surface area contributed by atoms with Crippen molar-refractivity contribution in [2.45, 2.75) is 13.8 Å². The average molecular weight is 255 g/mol. The molecule has 1 heterocycles. The molecule has 0 radical (unpaired) electrons. The van der Waals surface area contributed by atoms with Crippen LogP contribution in [0.5, 0.6) is 0 Å². The Balaban J connectivity index is 2.57. The minimum absolute atomic E-state index is 0.0407. The largest absolute Gasteiger partial charge is 0.342 e. The van der Waals surface area contributed by atoms with Gasteiger partial charge >= 0.3 is 0 Å². The van der Waals surface area contributed by atoms with Gasteiger partial charge in [-0.1, -0.05) is 0 Å². The molecule has 0 bridgehead atoms. The number of rotatable bonds is 5. The van der Waals surface area contributed by atoms with E-state index in [9.17, 15) is 9.59 Å². The summed E-state index contributed by atoms with van der Waals surface area (Å²) in [6.45, 7) is 5.26. The van der Waals surface area contributed by atoms with Crippen molar-refractivity contribution in [1.29, 1.82) is 0 Å². The number of thiazole rings is 1. The fourth-order valence-corrected chi connectivity index (χ4v) is 1.99. The predicted octanol–water partition coefficient (Wildman–Crippen LogP) is 1.08. The zero-order valence-electron chi connectivity index (χ0n) is 10.3. The lowest BCUT2D eigenvalue weighted by Gasteiger charge is -2.22. The van der Waals surface area contributed by atoms with Crippen LogP contribution in [0.3, 0.4) is 0 Å². The van der Waals surface area contributed by atoms with E-state index in [1.165, 1.54) is 16.2 Å². The highest BCUT2D eigenvalue weighted by Crippen LogP contribution is 2.04. The molecule has 94 valence electrons. The van der Waals surface area contributed by atoms with E-state index in [-0.39, 0.29) is 18.4 Å². The molecule has 0 saturated carbocycles. The topological polar surface area (TPSA) is 53.5 Å². The van der Waals surface area contributed by atoms with E-state index in [4.69, 9.17) is 0 Å². The van der Waals surface area contributed by atoms with Crippen LogP contribution in [-0.2, 0) is 4.79 Å². The number of carbonyl (C=O) groups excluding carboxylic acids is 2. The van der Waals surface area contributed by atoms with Gasteiger partial charge in [-0.3, -0.25) is 9.59 Å². The maximum atomic E-state index is 11.8. The second kappa shape index (κ2) is 6.34. The van der Waals surface area contributed by atoms with Gasteiger partial charge in [0.2, 0.25) is 5.91 Å². The van der Waals surface area contributed by atoms with Gasteiger partial charge in [0.05, 0.1) is 12.1 Å². The predicted molar refractivity (Wildman–Crippen MR) is 67.0 cm³/mol. The molecule has 0 unspecified atom stereocenters. The van der Waals surface area contributed by atoms with Crippen LogP contribution in [0.25, 0.3) is 0 Å². The Hall–Kier alpha value is -1.43. The van der Waals surface area contributed by atoms with Gasteiger partial charge in [-0.15, -0.1) is 11.3 Å². The smallest absolute Gasteiger partial charge is 0.273 e. The van der Waals surface area contributed by atoms with Gasteiger partial charge < -0.3 is 9.80 Å². The summed E-state index contributed by atoms with van der Waals surface area (Å²) in [6.07, 6.45) is 0. The molecule has 1 aromatic heterocycles. The molecule has 0 aliphatic rings. The Morgan fingerprint density at radius 3 is 2.47 bits per heavy atom. The van der Waals surface area contributed by atoms with Crippen LogP contribution in [0.4, 0.5) is 0 Å². The van der Waals surface area contributed by atoms with Crippen LogP contribution in [0.15, 0.2) is 10.9 Å².